The maximum absolute atomic E-state index is 14.1. The molecular weight excluding hydrogens is 515 g/mol. The maximum Gasteiger partial charge on any atom is 0.417 e. The van der Waals surface area contributed by atoms with Gasteiger partial charge in [-0.05, 0) is 105 Å². The molecule has 0 radical (unpaired) electrons. The summed E-state index contributed by atoms with van der Waals surface area (Å²) in [6.07, 6.45) is -2.78. The lowest BCUT2D eigenvalue weighted by atomic mass is 9.90. The zero-order valence-corrected chi connectivity index (χ0v) is 22.9. The SMILES string of the molecule is Cc1cc(C)c(-c2ccc3c(ccc4c5ccnc(-c6cc(C(F)(F)F)c7ccccc7c6)c5ccc34)c2)c(C)c1. The van der Waals surface area contributed by atoms with E-state index >= 15 is 0 Å². The molecule has 7 rings (SSSR count). The lowest BCUT2D eigenvalue weighted by Gasteiger charge is -2.15. The predicted molar refractivity (Wildman–Crippen MR) is 164 cm³/mol. The predicted octanol–water partition coefficient (Wildman–Crippen LogP) is 11.0. The molecule has 1 nitrogen and oxygen atoms in total. The van der Waals surface area contributed by atoms with E-state index in [2.05, 4.69) is 74.3 Å². The van der Waals surface area contributed by atoms with Crippen molar-refractivity contribution in [3.05, 3.63) is 126 Å². The maximum atomic E-state index is 14.1. The Labute approximate surface area is 235 Å². The highest BCUT2D eigenvalue weighted by atomic mass is 19.4. The number of nitrogens with zero attached hydrogens (tertiary/aromatic N) is 1. The van der Waals surface area contributed by atoms with Gasteiger partial charge in [-0.25, -0.2) is 0 Å². The molecule has 41 heavy (non-hydrogen) atoms. The first-order valence-corrected chi connectivity index (χ1v) is 13.6. The zero-order chi connectivity index (χ0) is 28.5. The summed E-state index contributed by atoms with van der Waals surface area (Å²) in [5.41, 5.74) is 6.58. The Morgan fingerprint density at radius 3 is 1.93 bits per heavy atom. The molecule has 0 saturated heterocycles. The molecule has 0 fully saturated rings. The average Bonchev–Trinajstić information content (AvgIpc) is 2.94. The van der Waals surface area contributed by atoms with E-state index in [9.17, 15) is 13.2 Å². The first kappa shape index (κ1) is 25.3. The van der Waals surface area contributed by atoms with E-state index < -0.39 is 11.7 Å². The number of fused-ring (bicyclic) bond motifs is 6. The Balaban J connectivity index is 1.42. The van der Waals surface area contributed by atoms with E-state index in [4.69, 9.17) is 0 Å². The second-order valence-electron chi connectivity index (χ2n) is 10.9. The first-order valence-electron chi connectivity index (χ1n) is 13.6. The van der Waals surface area contributed by atoms with Crippen molar-refractivity contribution in [1.82, 2.24) is 4.98 Å². The third-order valence-corrected chi connectivity index (χ3v) is 8.16. The highest BCUT2D eigenvalue weighted by Gasteiger charge is 2.33. The molecule has 0 N–H and O–H groups in total. The van der Waals surface area contributed by atoms with Crippen LogP contribution < -0.4 is 0 Å². The number of halogens is 3. The molecule has 0 amide bonds. The molecule has 0 bridgehead atoms. The van der Waals surface area contributed by atoms with Crippen molar-refractivity contribution in [2.45, 2.75) is 26.9 Å². The second kappa shape index (κ2) is 9.17. The standard InChI is InChI=1S/C37H26F3N/c1-21-16-22(2)35(23(3)17-21)26-9-10-28-25(18-26)8-11-31-30(28)12-13-33-32(31)14-15-41-36(33)27-19-24-6-4-5-7-29(24)34(20-27)37(38,39)40/h4-20H,1-3H3. The van der Waals surface area contributed by atoms with E-state index in [1.807, 2.05) is 12.1 Å². The lowest BCUT2D eigenvalue weighted by molar-refractivity contribution is -0.136. The summed E-state index contributed by atoms with van der Waals surface area (Å²) < 4.78 is 42.2. The fraction of sp³-hybridized carbons (Fsp3) is 0.108. The van der Waals surface area contributed by atoms with Crippen LogP contribution in [0.2, 0.25) is 0 Å². The Kier molecular flexibility index (Phi) is 5.65. The molecule has 7 aromatic rings. The van der Waals surface area contributed by atoms with Crippen molar-refractivity contribution >= 4 is 43.1 Å². The molecular formula is C37H26F3N. The van der Waals surface area contributed by atoms with Gasteiger partial charge in [-0.3, -0.25) is 4.98 Å². The number of pyridine rings is 1. The van der Waals surface area contributed by atoms with Crippen LogP contribution >= 0.6 is 0 Å². The average molecular weight is 542 g/mol. The van der Waals surface area contributed by atoms with Crippen LogP contribution in [0.5, 0.6) is 0 Å². The van der Waals surface area contributed by atoms with Crippen LogP contribution in [0, 0.1) is 20.8 Å². The van der Waals surface area contributed by atoms with Gasteiger partial charge in [0.25, 0.3) is 0 Å². The van der Waals surface area contributed by atoms with Crippen LogP contribution in [0.4, 0.5) is 13.2 Å². The highest BCUT2D eigenvalue weighted by Crippen LogP contribution is 2.41. The van der Waals surface area contributed by atoms with Crippen LogP contribution in [-0.4, -0.2) is 4.98 Å². The molecule has 0 aliphatic carbocycles. The third-order valence-electron chi connectivity index (χ3n) is 8.16. The van der Waals surface area contributed by atoms with Gasteiger partial charge in [0.15, 0.2) is 0 Å². The number of alkyl halides is 3. The van der Waals surface area contributed by atoms with Crippen LogP contribution in [0.1, 0.15) is 22.3 Å². The first-order chi connectivity index (χ1) is 19.7. The Bertz CT molecular complexity index is 2150. The molecule has 1 heterocycles. The summed E-state index contributed by atoms with van der Waals surface area (Å²) in [6.45, 7) is 6.44. The number of benzene rings is 6. The Morgan fingerprint density at radius 2 is 1.15 bits per heavy atom. The molecule has 6 aromatic carbocycles. The summed E-state index contributed by atoms with van der Waals surface area (Å²) in [4.78, 5) is 4.58. The minimum atomic E-state index is -4.47. The lowest BCUT2D eigenvalue weighted by Crippen LogP contribution is -2.06. The van der Waals surface area contributed by atoms with Gasteiger partial charge in [0.1, 0.15) is 0 Å². The molecule has 1 aromatic heterocycles. The largest absolute Gasteiger partial charge is 0.417 e. The minimum absolute atomic E-state index is 0.191. The summed E-state index contributed by atoms with van der Waals surface area (Å²) in [5.74, 6) is 0. The van der Waals surface area contributed by atoms with Crippen LogP contribution in [-0.2, 0) is 6.18 Å². The smallest absolute Gasteiger partial charge is 0.256 e. The van der Waals surface area contributed by atoms with Crippen LogP contribution in [0.3, 0.4) is 0 Å². The van der Waals surface area contributed by atoms with Crippen molar-refractivity contribution in [2.24, 2.45) is 0 Å². The molecule has 0 spiro atoms. The van der Waals surface area contributed by atoms with Crippen molar-refractivity contribution in [1.29, 1.82) is 0 Å². The molecule has 0 unspecified atom stereocenters. The van der Waals surface area contributed by atoms with Gasteiger partial charge in [0, 0.05) is 17.1 Å². The van der Waals surface area contributed by atoms with Crippen LogP contribution in [0.15, 0.2) is 103 Å². The molecule has 0 saturated carbocycles. The highest BCUT2D eigenvalue weighted by molar-refractivity contribution is 6.19. The Morgan fingerprint density at radius 1 is 0.537 bits per heavy atom. The summed E-state index contributed by atoms with van der Waals surface area (Å²) >= 11 is 0. The zero-order valence-electron chi connectivity index (χ0n) is 22.9. The minimum Gasteiger partial charge on any atom is -0.256 e. The van der Waals surface area contributed by atoms with Gasteiger partial charge < -0.3 is 0 Å². The van der Waals surface area contributed by atoms with Crippen molar-refractivity contribution in [2.75, 3.05) is 0 Å². The van der Waals surface area contributed by atoms with Gasteiger partial charge in [-0.1, -0.05) is 78.4 Å². The van der Waals surface area contributed by atoms with E-state index in [1.165, 1.54) is 39.9 Å². The molecule has 4 heteroatoms. The van der Waals surface area contributed by atoms with Gasteiger partial charge >= 0.3 is 6.18 Å². The summed E-state index contributed by atoms with van der Waals surface area (Å²) in [5, 5.41) is 6.95. The van der Waals surface area contributed by atoms with E-state index in [0.29, 0.717) is 16.6 Å². The normalized spacial score (nSPS) is 12.1. The van der Waals surface area contributed by atoms with Crippen molar-refractivity contribution < 1.29 is 13.2 Å². The number of aromatic nitrogens is 1. The van der Waals surface area contributed by atoms with Crippen molar-refractivity contribution in [3.8, 4) is 22.4 Å². The van der Waals surface area contributed by atoms with E-state index in [0.717, 1.165) is 32.3 Å². The topological polar surface area (TPSA) is 12.9 Å². The van der Waals surface area contributed by atoms with Crippen molar-refractivity contribution in [3.63, 3.8) is 0 Å². The van der Waals surface area contributed by atoms with E-state index in [-0.39, 0.29) is 5.39 Å². The number of aryl methyl sites for hydroxylation is 3. The summed E-state index contributed by atoms with van der Waals surface area (Å²) in [6, 6.07) is 31.0. The van der Waals surface area contributed by atoms with E-state index in [1.54, 1.807) is 30.5 Å². The second-order valence-corrected chi connectivity index (χ2v) is 10.9. The third kappa shape index (κ3) is 4.13. The molecule has 0 aliphatic heterocycles. The molecule has 200 valence electrons. The Hall–Kier alpha value is -4.70. The van der Waals surface area contributed by atoms with Gasteiger partial charge in [-0.15, -0.1) is 0 Å². The number of hydrogen-bond acceptors (Lipinski definition) is 1. The molecule has 0 aliphatic rings. The van der Waals surface area contributed by atoms with Gasteiger partial charge in [-0.2, -0.15) is 13.2 Å². The summed E-state index contributed by atoms with van der Waals surface area (Å²) in [7, 11) is 0. The molecule has 0 atom stereocenters. The monoisotopic (exact) mass is 541 g/mol. The van der Waals surface area contributed by atoms with Gasteiger partial charge in [0.2, 0.25) is 0 Å². The quantitative estimate of drug-likeness (QED) is 0.198. The van der Waals surface area contributed by atoms with Crippen LogP contribution in [0.25, 0.3) is 65.5 Å². The fourth-order valence-corrected chi connectivity index (χ4v) is 6.51. The number of hydrogen-bond donors (Lipinski definition) is 0. The van der Waals surface area contributed by atoms with Gasteiger partial charge in [0.05, 0.1) is 11.3 Å². The fourth-order valence-electron chi connectivity index (χ4n) is 6.51. The number of rotatable bonds is 2.